The number of hydrogen-bond acceptors (Lipinski definition) is 3. The van der Waals surface area contributed by atoms with Gasteiger partial charge in [0.1, 0.15) is 0 Å². The number of amides is 1. The number of carbonyl (C=O) groups excluding carboxylic acids is 1. The van der Waals surface area contributed by atoms with E-state index in [1.54, 1.807) is 7.11 Å². The summed E-state index contributed by atoms with van der Waals surface area (Å²) in [5, 5.41) is 3.12. The van der Waals surface area contributed by atoms with Gasteiger partial charge in [0.2, 0.25) is 5.91 Å². The van der Waals surface area contributed by atoms with E-state index in [-0.39, 0.29) is 23.5 Å². The molecule has 3 unspecified atom stereocenters. The molecule has 0 aromatic carbocycles. The van der Waals surface area contributed by atoms with E-state index in [9.17, 15) is 4.79 Å². The molecule has 2 aliphatic rings. The minimum absolute atomic E-state index is 0.0149. The van der Waals surface area contributed by atoms with Crippen molar-refractivity contribution in [1.82, 2.24) is 10.2 Å². The number of ether oxygens (including phenoxy) is 1. The summed E-state index contributed by atoms with van der Waals surface area (Å²) in [5.74, 6) is 0.270. The molecule has 1 amide bonds. The molecule has 17 heavy (non-hydrogen) atoms. The third-order valence-corrected chi connectivity index (χ3v) is 4.61. The summed E-state index contributed by atoms with van der Waals surface area (Å²) in [5.41, 5.74) is 0.0834. The van der Waals surface area contributed by atoms with Crippen molar-refractivity contribution >= 4 is 5.91 Å². The number of nitrogens with one attached hydrogen (secondary N) is 1. The number of methoxy groups -OCH3 is 1. The molecule has 98 valence electrons. The standard InChI is InChI=1S/C13H24N2O2/c1-13(2)10(8-11(13)17-4)15-7-5-6-9(14-3)12(15)16/h9-11,14H,5-8H2,1-4H3. The van der Waals surface area contributed by atoms with Crippen LogP contribution in [0.15, 0.2) is 0 Å². The first-order chi connectivity index (χ1) is 8.02. The number of likely N-dealkylation sites (tertiary alicyclic amines) is 1. The van der Waals surface area contributed by atoms with Crippen LogP contribution < -0.4 is 5.32 Å². The van der Waals surface area contributed by atoms with Crippen molar-refractivity contribution in [2.24, 2.45) is 5.41 Å². The largest absolute Gasteiger partial charge is 0.381 e. The SMILES string of the molecule is CNC1CCCN(C2CC(OC)C2(C)C)C1=O. The van der Waals surface area contributed by atoms with E-state index in [1.807, 2.05) is 7.05 Å². The first-order valence-corrected chi connectivity index (χ1v) is 6.53. The lowest BCUT2D eigenvalue weighted by molar-refractivity contribution is -0.166. The van der Waals surface area contributed by atoms with Crippen molar-refractivity contribution in [1.29, 1.82) is 0 Å². The van der Waals surface area contributed by atoms with Crippen LogP contribution in [-0.2, 0) is 9.53 Å². The number of rotatable bonds is 3. The predicted octanol–water partition coefficient (Wildman–Crippen LogP) is 1.01. The molecule has 0 aromatic rings. The molecule has 0 spiro atoms. The Hall–Kier alpha value is -0.610. The fraction of sp³-hybridized carbons (Fsp3) is 0.923. The molecule has 4 heteroatoms. The highest BCUT2D eigenvalue weighted by Gasteiger charge is 2.53. The molecule has 0 radical (unpaired) electrons. The van der Waals surface area contributed by atoms with Crippen LogP contribution in [0.3, 0.4) is 0 Å². The second-order valence-electron chi connectivity index (χ2n) is 5.81. The molecular formula is C13H24N2O2. The minimum atomic E-state index is 0.0149. The Labute approximate surface area is 104 Å². The molecule has 1 saturated carbocycles. The van der Waals surface area contributed by atoms with Crippen molar-refractivity contribution in [3.8, 4) is 0 Å². The Bertz CT molecular complexity index is 304. The van der Waals surface area contributed by atoms with Gasteiger partial charge in [-0.25, -0.2) is 0 Å². The van der Waals surface area contributed by atoms with Crippen LogP contribution in [0.4, 0.5) is 0 Å². The van der Waals surface area contributed by atoms with Crippen LogP contribution in [0.1, 0.15) is 33.1 Å². The number of piperidine rings is 1. The Morgan fingerprint density at radius 3 is 2.71 bits per heavy atom. The predicted molar refractivity (Wildman–Crippen MR) is 66.8 cm³/mol. The van der Waals surface area contributed by atoms with Crippen molar-refractivity contribution in [2.75, 3.05) is 20.7 Å². The maximum atomic E-state index is 12.3. The first-order valence-electron chi connectivity index (χ1n) is 6.53. The average molecular weight is 240 g/mol. The third kappa shape index (κ3) is 1.97. The van der Waals surface area contributed by atoms with Gasteiger partial charge in [-0.05, 0) is 26.3 Å². The van der Waals surface area contributed by atoms with Gasteiger partial charge in [-0.15, -0.1) is 0 Å². The second-order valence-corrected chi connectivity index (χ2v) is 5.81. The summed E-state index contributed by atoms with van der Waals surface area (Å²) >= 11 is 0. The molecule has 2 fully saturated rings. The highest BCUT2D eigenvalue weighted by atomic mass is 16.5. The molecule has 1 aliphatic heterocycles. The van der Waals surface area contributed by atoms with Gasteiger partial charge in [0.05, 0.1) is 12.1 Å². The highest BCUT2D eigenvalue weighted by molar-refractivity contribution is 5.83. The smallest absolute Gasteiger partial charge is 0.239 e. The van der Waals surface area contributed by atoms with Gasteiger partial charge >= 0.3 is 0 Å². The van der Waals surface area contributed by atoms with Crippen LogP contribution in [0.5, 0.6) is 0 Å². The van der Waals surface area contributed by atoms with Gasteiger partial charge < -0.3 is 15.0 Å². The number of hydrogen-bond donors (Lipinski definition) is 1. The van der Waals surface area contributed by atoms with Crippen LogP contribution >= 0.6 is 0 Å². The van der Waals surface area contributed by atoms with E-state index in [0.717, 1.165) is 25.8 Å². The summed E-state index contributed by atoms with van der Waals surface area (Å²) in [7, 11) is 3.63. The molecular weight excluding hydrogens is 216 g/mol. The lowest BCUT2D eigenvalue weighted by Gasteiger charge is -2.56. The Morgan fingerprint density at radius 2 is 2.18 bits per heavy atom. The van der Waals surface area contributed by atoms with Crippen molar-refractivity contribution in [2.45, 2.75) is 51.3 Å². The van der Waals surface area contributed by atoms with E-state index in [0.29, 0.717) is 6.04 Å². The second kappa shape index (κ2) is 4.58. The zero-order valence-corrected chi connectivity index (χ0v) is 11.3. The maximum Gasteiger partial charge on any atom is 0.239 e. The molecule has 1 heterocycles. The van der Waals surface area contributed by atoms with E-state index in [2.05, 4.69) is 24.1 Å². The van der Waals surface area contributed by atoms with Crippen LogP contribution in [0.2, 0.25) is 0 Å². The summed E-state index contributed by atoms with van der Waals surface area (Å²) < 4.78 is 5.46. The minimum Gasteiger partial charge on any atom is -0.381 e. The van der Waals surface area contributed by atoms with E-state index in [1.165, 1.54) is 0 Å². The maximum absolute atomic E-state index is 12.3. The zero-order chi connectivity index (χ0) is 12.6. The van der Waals surface area contributed by atoms with Gasteiger partial charge in [-0.2, -0.15) is 0 Å². The average Bonchev–Trinajstić information content (AvgIpc) is 2.30. The Balaban J connectivity index is 2.06. The van der Waals surface area contributed by atoms with Crippen molar-refractivity contribution in [3.63, 3.8) is 0 Å². The van der Waals surface area contributed by atoms with Gasteiger partial charge in [-0.3, -0.25) is 4.79 Å². The number of likely N-dealkylation sites (N-methyl/N-ethyl adjacent to an activating group) is 1. The lowest BCUT2D eigenvalue weighted by Crippen LogP contribution is -2.66. The monoisotopic (exact) mass is 240 g/mol. The Morgan fingerprint density at radius 1 is 1.47 bits per heavy atom. The third-order valence-electron chi connectivity index (χ3n) is 4.61. The van der Waals surface area contributed by atoms with E-state index >= 15 is 0 Å². The molecule has 4 nitrogen and oxygen atoms in total. The van der Waals surface area contributed by atoms with E-state index < -0.39 is 0 Å². The fourth-order valence-electron chi connectivity index (χ4n) is 3.27. The lowest BCUT2D eigenvalue weighted by atomic mass is 9.63. The number of nitrogens with zero attached hydrogens (tertiary/aromatic N) is 1. The molecule has 3 atom stereocenters. The van der Waals surface area contributed by atoms with Crippen LogP contribution in [-0.4, -0.2) is 49.7 Å². The van der Waals surface area contributed by atoms with Crippen molar-refractivity contribution < 1.29 is 9.53 Å². The quantitative estimate of drug-likeness (QED) is 0.800. The van der Waals surface area contributed by atoms with E-state index in [4.69, 9.17) is 4.74 Å². The Kier molecular flexibility index (Phi) is 3.46. The van der Waals surface area contributed by atoms with Gasteiger partial charge in [0, 0.05) is 25.1 Å². The summed E-state index contributed by atoms with van der Waals surface area (Å²) in [6.07, 6.45) is 3.33. The van der Waals surface area contributed by atoms with Crippen LogP contribution in [0, 0.1) is 5.41 Å². The van der Waals surface area contributed by atoms with Gasteiger partial charge in [0.15, 0.2) is 0 Å². The zero-order valence-electron chi connectivity index (χ0n) is 11.3. The number of carbonyl (C=O) groups is 1. The molecule has 1 N–H and O–H groups in total. The normalized spacial score (nSPS) is 36.8. The fourth-order valence-corrected chi connectivity index (χ4v) is 3.27. The first kappa shape index (κ1) is 12.8. The van der Waals surface area contributed by atoms with Crippen molar-refractivity contribution in [3.05, 3.63) is 0 Å². The van der Waals surface area contributed by atoms with Gasteiger partial charge in [0.25, 0.3) is 0 Å². The topological polar surface area (TPSA) is 41.6 Å². The molecule has 0 bridgehead atoms. The highest BCUT2D eigenvalue weighted by Crippen LogP contribution is 2.46. The molecule has 2 rings (SSSR count). The summed E-state index contributed by atoms with van der Waals surface area (Å²) in [6.45, 7) is 5.30. The molecule has 1 saturated heterocycles. The summed E-state index contributed by atoms with van der Waals surface area (Å²) in [4.78, 5) is 14.4. The van der Waals surface area contributed by atoms with Crippen LogP contribution in [0.25, 0.3) is 0 Å². The summed E-state index contributed by atoms with van der Waals surface area (Å²) in [6, 6.07) is 0.359. The molecule has 0 aromatic heterocycles. The van der Waals surface area contributed by atoms with Gasteiger partial charge in [-0.1, -0.05) is 13.8 Å². The molecule has 1 aliphatic carbocycles.